The fourth-order valence-electron chi connectivity index (χ4n) is 3.81. The summed E-state index contributed by atoms with van der Waals surface area (Å²) in [6.07, 6.45) is 2.00. The third-order valence-corrected chi connectivity index (χ3v) is 5.19. The van der Waals surface area contributed by atoms with E-state index in [2.05, 4.69) is 10.2 Å². The van der Waals surface area contributed by atoms with Gasteiger partial charge in [0.05, 0.1) is 11.6 Å². The smallest absolute Gasteiger partial charge is 0.173 e. The topological polar surface area (TPSA) is 33.7 Å². The highest BCUT2D eigenvalue weighted by Gasteiger charge is 2.32. The molecule has 1 aromatic carbocycles. The molecule has 2 fully saturated rings. The molecule has 0 amide bonds. The number of hydrogen-bond acceptors (Lipinski definition) is 4. The van der Waals surface area contributed by atoms with Crippen molar-refractivity contribution in [1.82, 2.24) is 10.2 Å². The van der Waals surface area contributed by atoms with Crippen LogP contribution >= 0.6 is 11.6 Å². The van der Waals surface area contributed by atoms with E-state index >= 15 is 0 Å². The fraction of sp³-hybridized carbons (Fsp3) is 0.667. The Bertz CT molecular complexity index is 505. The molecule has 2 aliphatic heterocycles. The van der Waals surface area contributed by atoms with E-state index in [4.69, 9.17) is 21.1 Å². The fourth-order valence-corrected chi connectivity index (χ4v) is 4.08. The molecule has 24 heavy (non-hydrogen) atoms. The first kappa shape index (κ1) is 17.9. The van der Waals surface area contributed by atoms with Gasteiger partial charge in [-0.1, -0.05) is 11.6 Å². The lowest BCUT2D eigenvalue weighted by atomic mass is 9.85. The average molecular weight is 357 g/mol. The van der Waals surface area contributed by atoms with Crippen LogP contribution in [0, 0.1) is 11.7 Å². The number of piperazine rings is 1. The summed E-state index contributed by atoms with van der Waals surface area (Å²) in [6, 6.07) is 3.68. The molecule has 2 saturated heterocycles. The van der Waals surface area contributed by atoms with Crippen LogP contribution in [0.3, 0.4) is 0 Å². The summed E-state index contributed by atoms with van der Waals surface area (Å²) in [5.41, 5.74) is 0.953. The third kappa shape index (κ3) is 4.02. The molecule has 3 rings (SSSR count). The summed E-state index contributed by atoms with van der Waals surface area (Å²) >= 11 is 6.31. The van der Waals surface area contributed by atoms with Crippen molar-refractivity contribution in [2.24, 2.45) is 5.92 Å². The zero-order valence-electron chi connectivity index (χ0n) is 14.2. The Hall–Kier alpha value is -0.880. The molecule has 6 heteroatoms. The van der Waals surface area contributed by atoms with Gasteiger partial charge in [0, 0.05) is 45.4 Å². The molecule has 0 spiro atoms. The minimum absolute atomic E-state index is 0.161. The van der Waals surface area contributed by atoms with Gasteiger partial charge in [-0.05, 0) is 43.4 Å². The molecule has 1 N–H and O–H groups in total. The van der Waals surface area contributed by atoms with E-state index in [0.29, 0.717) is 17.5 Å². The zero-order valence-corrected chi connectivity index (χ0v) is 14.9. The van der Waals surface area contributed by atoms with Crippen molar-refractivity contribution in [2.45, 2.75) is 25.8 Å². The van der Waals surface area contributed by atoms with Crippen molar-refractivity contribution < 1.29 is 13.9 Å². The lowest BCUT2D eigenvalue weighted by molar-refractivity contribution is 0.0212. The summed E-state index contributed by atoms with van der Waals surface area (Å²) in [5.74, 6) is 0.255. The summed E-state index contributed by atoms with van der Waals surface area (Å²) in [7, 11) is 0. The first-order chi connectivity index (χ1) is 11.7. The Balaban J connectivity index is 1.91. The van der Waals surface area contributed by atoms with E-state index in [0.717, 1.165) is 57.8 Å². The Morgan fingerprint density at radius 3 is 2.67 bits per heavy atom. The van der Waals surface area contributed by atoms with Crippen molar-refractivity contribution >= 4 is 11.6 Å². The number of ether oxygens (including phenoxy) is 2. The predicted octanol–water partition coefficient (Wildman–Crippen LogP) is 3.25. The number of halogens is 2. The first-order valence-corrected chi connectivity index (χ1v) is 9.22. The summed E-state index contributed by atoms with van der Waals surface area (Å²) < 4.78 is 25.4. The molecule has 1 atom stereocenters. The molecular weight excluding hydrogens is 331 g/mol. The van der Waals surface area contributed by atoms with Crippen LogP contribution in [0.15, 0.2) is 12.1 Å². The molecule has 0 unspecified atom stereocenters. The number of hydrogen-bond donors (Lipinski definition) is 1. The monoisotopic (exact) mass is 356 g/mol. The summed E-state index contributed by atoms with van der Waals surface area (Å²) in [4.78, 5) is 2.46. The molecule has 0 saturated carbocycles. The molecule has 0 aromatic heterocycles. The van der Waals surface area contributed by atoms with E-state index in [1.54, 1.807) is 6.07 Å². The molecule has 0 radical (unpaired) electrons. The van der Waals surface area contributed by atoms with Gasteiger partial charge in [-0.15, -0.1) is 0 Å². The summed E-state index contributed by atoms with van der Waals surface area (Å²) in [6.45, 7) is 7.65. The highest BCUT2D eigenvalue weighted by molar-refractivity contribution is 6.32. The zero-order chi connectivity index (χ0) is 16.9. The van der Waals surface area contributed by atoms with E-state index < -0.39 is 0 Å². The van der Waals surface area contributed by atoms with Crippen molar-refractivity contribution in [2.75, 3.05) is 46.0 Å². The highest BCUT2D eigenvalue weighted by atomic mass is 35.5. The van der Waals surface area contributed by atoms with Crippen molar-refractivity contribution in [3.63, 3.8) is 0 Å². The van der Waals surface area contributed by atoms with Gasteiger partial charge < -0.3 is 14.8 Å². The predicted molar refractivity (Wildman–Crippen MR) is 93.3 cm³/mol. The van der Waals surface area contributed by atoms with Crippen molar-refractivity contribution in [3.05, 3.63) is 28.5 Å². The Morgan fingerprint density at radius 2 is 2.04 bits per heavy atom. The standard InChI is InChI=1S/C18H26ClFN2O2/c1-2-24-18-15(19)11-14(12-16(18)20)17(13-3-9-23-10-4-13)22-7-5-21-6-8-22/h11-13,17,21H,2-10H2,1H3/t17-/m1/s1. The quantitative estimate of drug-likeness (QED) is 0.878. The van der Waals surface area contributed by atoms with Crippen LogP contribution in [0.2, 0.25) is 5.02 Å². The molecule has 2 aliphatic rings. The second kappa shape index (κ2) is 8.48. The van der Waals surface area contributed by atoms with E-state index in [9.17, 15) is 4.39 Å². The second-order valence-electron chi connectivity index (χ2n) is 6.43. The lowest BCUT2D eigenvalue weighted by Crippen LogP contribution is -2.47. The SMILES string of the molecule is CCOc1c(F)cc([C@@H](C2CCOCC2)N2CCNCC2)cc1Cl. The second-order valence-corrected chi connectivity index (χ2v) is 6.83. The van der Waals surface area contributed by atoms with Crippen LogP contribution < -0.4 is 10.1 Å². The van der Waals surface area contributed by atoms with E-state index in [1.807, 2.05) is 13.0 Å². The van der Waals surface area contributed by atoms with Gasteiger partial charge in [-0.2, -0.15) is 0 Å². The summed E-state index contributed by atoms with van der Waals surface area (Å²) in [5, 5.41) is 3.75. The Morgan fingerprint density at radius 1 is 1.33 bits per heavy atom. The van der Waals surface area contributed by atoms with Gasteiger partial charge >= 0.3 is 0 Å². The van der Waals surface area contributed by atoms with Crippen LogP contribution in [0.25, 0.3) is 0 Å². The Labute approximate surface area is 148 Å². The lowest BCUT2D eigenvalue weighted by Gasteiger charge is -2.41. The molecule has 0 bridgehead atoms. The number of nitrogens with one attached hydrogen (secondary N) is 1. The maximum Gasteiger partial charge on any atom is 0.173 e. The van der Waals surface area contributed by atoms with Crippen LogP contribution in [0.4, 0.5) is 4.39 Å². The van der Waals surface area contributed by atoms with Crippen LogP contribution in [-0.4, -0.2) is 50.9 Å². The molecule has 2 heterocycles. The van der Waals surface area contributed by atoms with Gasteiger partial charge in [0.1, 0.15) is 0 Å². The van der Waals surface area contributed by atoms with Gasteiger partial charge in [0.2, 0.25) is 0 Å². The van der Waals surface area contributed by atoms with Crippen LogP contribution in [0.5, 0.6) is 5.75 Å². The largest absolute Gasteiger partial charge is 0.489 e. The molecule has 0 aliphatic carbocycles. The van der Waals surface area contributed by atoms with Crippen molar-refractivity contribution in [1.29, 1.82) is 0 Å². The van der Waals surface area contributed by atoms with E-state index in [1.165, 1.54) is 0 Å². The molecule has 1 aromatic rings. The highest BCUT2D eigenvalue weighted by Crippen LogP contribution is 2.39. The third-order valence-electron chi connectivity index (χ3n) is 4.91. The molecule has 4 nitrogen and oxygen atoms in total. The van der Waals surface area contributed by atoms with Crippen LogP contribution in [-0.2, 0) is 4.74 Å². The minimum Gasteiger partial charge on any atom is -0.489 e. The number of benzene rings is 1. The normalized spacial score (nSPS) is 21.6. The first-order valence-electron chi connectivity index (χ1n) is 8.85. The van der Waals surface area contributed by atoms with Gasteiger partial charge in [0.15, 0.2) is 11.6 Å². The molecular formula is C18H26ClFN2O2. The van der Waals surface area contributed by atoms with E-state index in [-0.39, 0.29) is 17.6 Å². The maximum absolute atomic E-state index is 14.5. The minimum atomic E-state index is -0.369. The number of nitrogens with zero attached hydrogens (tertiary/aromatic N) is 1. The average Bonchev–Trinajstić information content (AvgIpc) is 2.60. The van der Waals surface area contributed by atoms with Gasteiger partial charge in [0.25, 0.3) is 0 Å². The Kier molecular flexibility index (Phi) is 6.33. The van der Waals surface area contributed by atoms with Gasteiger partial charge in [-0.3, -0.25) is 4.90 Å². The van der Waals surface area contributed by atoms with Crippen molar-refractivity contribution in [3.8, 4) is 5.75 Å². The maximum atomic E-state index is 14.5. The van der Waals surface area contributed by atoms with Gasteiger partial charge in [-0.25, -0.2) is 4.39 Å². The molecule has 134 valence electrons. The van der Waals surface area contributed by atoms with Crippen LogP contribution in [0.1, 0.15) is 31.4 Å². The number of rotatable bonds is 5.